The van der Waals surface area contributed by atoms with Gasteiger partial charge >= 0.3 is 0 Å². The molecule has 0 saturated heterocycles. The van der Waals surface area contributed by atoms with Crippen LogP contribution < -0.4 is 0 Å². The van der Waals surface area contributed by atoms with Crippen LogP contribution in [0.25, 0.3) is 0 Å². The van der Waals surface area contributed by atoms with E-state index in [1.165, 1.54) is 0 Å². The first-order chi connectivity index (χ1) is 4.34. The zero-order chi connectivity index (χ0) is 6.69. The molecule has 0 N–H and O–H groups in total. The Bertz CT molecular complexity index is 186. The van der Waals surface area contributed by atoms with Crippen molar-refractivity contribution in [1.82, 2.24) is 9.55 Å². The van der Waals surface area contributed by atoms with Crippen molar-refractivity contribution in [3.63, 3.8) is 0 Å². The Balaban J connectivity index is 0.000000810. The van der Waals surface area contributed by atoms with Gasteiger partial charge in [0.1, 0.15) is 5.82 Å². The highest BCUT2D eigenvalue weighted by atomic mass is 79.9. The number of halogens is 2. The average Bonchev–Trinajstić information content (AvgIpc) is 2.18. The summed E-state index contributed by atoms with van der Waals surface area (Å²) in [5, 5.41) is 0.984. The lowest BCUT2D eigenvalue weighted by Gasteiger charge is -1.95. The smallest absolute Gasteiger partial charge is 0.109 e. The maximum atomic E-state index is 4.14. The zero-order valence-corrected chi connectivity index (χ0v) is 9.05. The van der Waals surface area contributed by atoms with Gasteiger partial charge in [0.2, 0.25) is 0 Å². The van der Waals surface area contributed by atoms with Gasteiger partial charge in [0.15, 0.2) is 0 Å². The minimum atomic E-state index is 0. The Morgan fingerprint density at radius 2 is 2.40 bits per heavy atom. The Kier molecular flexibility index (Phi) is 4.99. The summed E-state index contributed by atoms with van der Waals surface area (Å²) in [6, 6.07) is 0. The molecule has 58 valence electrons. The van der Waals surface area contributed by atoms with E-state index in [9.17, 15) is 0 Å². The van der Waals surface area contributed by atoms with Gasteiger partial charge in [-0.25, -0.2) is 4.98 Å². The van der Waals surface area contributed by atoms with Gasteiger partial charge in [0.25, 0.3) is 0 Å². The first-order valence-electron chi connectivity index (χ1n) is 2.86. The van der Waals surface area contributed by atoms with Gasteiger partial charge < -0.3 is 4.57 Å². The van der Waals surface area contributed by atoms with Crippen LogP contribution in [0.3, 0.4) is 0 Å². The summed E-state index contributed by atoms with van der Waals surface area (Å²) < 4.78 is 2.03. The average molecular weight is 270 g/mol. The SMILES string of the molecule is Br.Cn1ccnc1CCBr. The quantitative estimate of drug-likeness (QED) is 0.751. The molecule has 1 aromatic rings. The molecule has 2 nitrogen and oxygen atoms in total. The summed E-state index contributed by atoms with van der Waals surface area (Å²) in [4.78, 5) is 4.14. The Labute approximate surface area is 79.5 Å². The molecule has 0 aliphatic heterocycles. The molecule has 0 aromatic carbocycles. The van der Waals surface area contributed by atoms with Gasteiger partial charge in [0.05, 0.1) is 0 Å². The van der Waals surface area contributed by atoms with Crippen LogP contribution in [0, 0.1) is 0 Å². The van der Waals surface area contributed by atoms with Crippen LogP contribution in [0.5, 0.6) is 0 Å². The van der Waals surface area contributed by atoms with E-state index in [4.69, 9.17) is 0 Å². The normalized spacial score (nSPS) is 9.00. The summed E-state index contributed by atoms with van der Waals surface area (Å²) in [7, 11) is 2.00. The van der Waals surface area contributed by atoms with E-state index in [0.29, 0.717) is 0 Å². The Morgan fingerprint density at radius 1 is 1.70 bits per heavy atom. The predicted octanol–water partition coefficient (Wildman–Crippen LogP) is 1.94. The molecule has 0 aliphatic rings. The van der Waals surface area contributed by atoms with Crippen molar-refractivity contribution in [2.45, 2.75) is 6.42 Å². The minimum absolute atomic E-state index is 0. The number of aryl methyl sites for hydroxylation is 2. The van der Waals surface area contributed by atoms with Gasteiger partial charge in [-0.05, 0) is 0 Å². The minimum Gasteiger partial charge on any atom is -0.338 e. The molecule has 0 bridgehead atoms. The van der Waals surface area contributed by atoms with E-state index in [0.717, 1.165) is 17.6 Å². The molecular formula is C6H10Br2N2. The summed E-state index contributed by atoms with van der Waals surface area (Å²) >= 11 is 3.35. The number of rotatable bonds is 2. The molecule has 0 aliphatic carbocycles. The molecule has 0 fully saturated rings. The van der Waals surface area contributed by atoms with Crippen molar-refractivity contribution in [1.29, 1.82) is 0 Å². The third-order valence-corrected chi connectivity index (χ3v) is 1.64. The molecular weight excluding hydrogens is 260 g/mol. The van der Waals surface area contributed by atoms with E-state index in [1.807, 2.05) is 24.0 Å². The lowest BCUT2D eigenvalue weighted by molar-refractivity contribution is 0.813. The molecule has 0 atom stereocenters. The second-order valence-corrected chi connectivity index (χ2v) is 2.69. The van der Waals surface area contributed by atoms with Crippen molar-refractivity contribution in [3.05, 3.63) is 18.2 Å². The van der Waals surface area contributed by atoms with Crippen molar-refractivity contribution in [3.8, 4) is 0 Å². The van der Waals surface area contributed by atoms with Crippen LogP contribution >= 0.6 is 32.9 Å². The molecule has 1 heterocycles. The molecule has 0 unspecified atom stereocenters. The number of hydrogen-bond donors (Lipinski definition) is 0. The van der Waals surface area contributed by atoms with Crippen LogP contribution in [-0.2, 0) is 13.5 Å². The second-order valence-electron chi connectivity index (χ2n) is 1.89. The third-order valence-electron chi connectivity index (χ3n) is 1.24. The number of aromatic nitrogens is 2. The third kappa shape index (κ3) is 2.42. The van der Waals surface area contributed by atoms with Crippen LogP contribution in [0.2, 0.25) is 0 Å². The van der Waals surface area contributed by atoms with Gasteiger partial charge in [-0.15, -0.1) is 17.0 Å². The molecule has 0 saturated carbocycles. The predicted molar refractivity (Wildman–Crippen MR) is 51.0 cm³/mol. The molecule has 0 amide bonds. The second kappa shape index (κ2) is 4.91. The Hall–Kier alpha value is 0.170. The van der Waals surface area contributed by atoms with E-state index >= 15 is 0 Å². The van der Waals surface area contributed by atoms with Crippen molar-refractivity contribution in [2.24, 2.45) is 7.05 Å². The topological polar surface area (TPSA) is 17.8 Å². The highest BCUT2D eigenvalue weighted by Crippen LogP contribution is 1.96. The first kappa shape index (κ1) is 10.2. The summed E-state index contributed by atoms with van der Waals surface area (Å²) in [5.74, 6) is 1.13. The van der Waals surface area contributed by atoms with Crippen molar-refractivity contribution < 1.29 is 0 Å². The van der Waals surface area contributed by atoms with Crippen molar-refractivity contribution in [2.75, 3.05) is 5.33 Å². The van der Waals surface area contributed by atoms with E-state index in [-0.39, 0.29) is 17.0 Å². The first-order valence-corrected chi connectivity index (χ1v) is 3.99. The van der Waals surface area contributed by atoms with Gasteiger partial charge in [0, 0.05) is 31.2 Å². The van der Waals surface area contributed by atoms with Gasteiger partial charge in [-0.2, -0.15) is 0 Å². The lowest BCUT2D eigenvalue weighted by atomic mass is 10.5. The van der Waals surface area contributed by atoms with E-state index in [2.05, 4.69) is 20.9 Å². The van der Waals surface area contributed by atoms with Crippen LogP contribution in [-0.4, -0.2) is 14.9 Å². The highest BCUT2D eigenvalue weighted by molar-refractivity contribution is 9.09. The fraction of sp³-hybridized carbons (Fsp3) is 0.500. The van der Waals surface area contributed by atoms with E-state index in [1.54, 1.807) is 0 Å². The summed E-state index contributed by atoms with van der Waals surface area (Å²) in [5.41, 5.74) is 0. The molecule has 0 spiro atoms. The lowest BCUT2D eigenvalue weighted by Crippen LogP contribution is -1.96. The fourth-order valence-corrected chi connectivity index (χ4v) is 1.08. The highest BCUT2D eigenvalue weighted by Gasteiger charge is 1.94. The molecule has 1 aromatic heterocycles. The van der Waals surface area contributed by atoms with Gasteiger partial charge in [-0.3, -0.25) is 0 Å². The summed E-state index contributed by atoms with van der Waals surface area (Å²) in [6.07, 6.45) is 4.78. The van der Waals surface area contributed by atoms with Gasteiger partial charge in [-0.1, -0.05) is 15.9 Å². The van der Waals surface area contributed by atoms with E-state index < -0.39 is 0 Å². The standard InChI is InChI=1S/C6H9BrN2.BrH/c1-9-5-4-8-6(9)2-3-7;/h4-5H,2-3H2,1H3;1H. The molecule has 4 heteroatoms. The fourth-order valence-electron chi connectivity index (χ4n) is 0.722. The van der Waals surface area contributed by atoms with Crippen LogP contribution in [0.15, 0.2) is 12.4 Å². The maximum absolute atomic E-state index is 4.14. The molecule has 0 radical (unpaired) electrons. The number of nitrogens with zero attached hydrogens (tertiary/aromatic N) is 2. The van der Waals surface area contributed by atoms with Crippen molar-refractivity contribution >= 4 is 32.9 Å². The van der Waals surface area contributed by atoms with Crippen LogP contribution in [0.4, 0.5) is 0 Å². The largest absolute Gasteiger partial charge is 0.338 e. The monoisotopic (exact) mass is 268 g/mol. The molecule has 1 rings (SSSR count). The maximum Gasteiger partial charge on any atom is 0.109 e. The number of alkyl halides is 1. The number of imidazole rings is 1. The summed E-state index contributed by atoms with van der Waals surface area (Å²) in [6.45, 7) is 0. The number of hydrogen-bond acceptors (Lipinski definition) is 1. The zero-order valence-electron chi connectivity index (χ0n) is 5.75. The molecule has 10 heavy (non-hydrogen) atoms. The Morgan fingerprint density at radius 3 is 2.80 bits per heavy atom. The van der Waals surface area contributed by atoms with Crippen LogP contribution in [0.1, 0.15) is 5.82 Å².